The number of hydrogen-bond acceptors (Lipinski definition) is 6. The van der Waals surface area contributed by atoms with Crippen LogP contribution in [0.4, 0.5) is 19.0 Å². The number of fused-ring (bicyclic) bond motifs is 1. The third kappa shape index (κ3) is 5.37. The van der Waals surface area contributed by atoms with Gasteiger partial charge in [0.1, 0.15) is 17.8 Å². The maximum Gasteiger partial charge on any atom is 0.416 e. The number of nitrogen functional groups attached to an aromatic ring is 1. The third-order valence-corrected chi connectivity index (χ3v) is 6.90. The number of nitrogens with two attached hydrogens (primary N) is 1. The Hall–Kier alpha value is -4.74. The quantitative estimate of drug-likeness (QED) is 0.345. The molecule has 1 fully saturated rings. The predicted molar refractivity (Wildman–Crippen MR) is 143 cm³/mol. The van der Waals surface area contributed by atoms with E-state index in [1.165, 1.54) is 12.4 Å². The van der Waals surface area contributed by atoms with Gasteiger partial charge in [-0.25, -0.2) is 14.6 Å². The molecule has 2 aromatic carbocycles. The van der Waals surface area contributed by atoms with E-state index in [0.29, 0.717) is 29.8 Å². The van der Waals surface area contributed by atoms with Crippen LogP contribution in [0.25, 0.3) is 22.3 Å². The first-order chi connectivity index (χ1) is 19.2. The number of nitrogens with one attached hydrogen (secondary N) is 1. The van der Waals surface area contributed by atoms with Crippen molar-refractivity contribution in [2.75, 3.05) is 18.8 Å². The zero-order valence-corrected chi connectivity index (χ0v) is 21.4. The number of piperidine rings is 1. The lowest BCUT2D eigenvalue weighted by atomic mass is 10.1. The number of nitrogens with zero attached hydrogens (tertiary/aromatic N) is 5. The number of carbonyl (C=O) groups is 2. The van der Waals surface area contributed by atoms with E-state index in [1.54, 1.807) is 4.90 Å². The molecule has 5 rings (SSSR count). The number of likely N-dealkylation sites (tertiary alicyclic amines) is 1. The van der Waals surface area contributed by atoms with Crippen LogP contribution in [0.1, 0.15) is 40.4 Å². The Morgan fingerprint density at radius 3 is 2.50 bits per heavy atom. The van der Waals surface area contributed by atoms with E-state index >= 15 is 0 Å². The summed E-state index contributed by atoms with van der Waals surface area (Å²) in [4.78, 5) is 35.0. The summed E-state index contributed by atoms with van der Waals surface area (Å²) in [6, 6.07) is 11.3. The smallest absolute Gasteiger partial charge is 0.383 e. The van der Waals surface area contributed by atoms with Gasteiger partial charge in [0.15, 0.2) is 5.65 Å². The van der Waals surface area contributed by atoms with Crippen LogP contribution in [-0.4, -0.2) is 49.6 Å². The minimum atomic E-state index is -4.46. The number of aromatic nitrogens is 4. The number of carbonyl (C=O) groups excluding carboxylic acids is 2. The first-order valence-corrected chi connectivity index (χ1v) is 12.6. The van der Waals surface area contributed by atoms with Crippen LogP contribution in [-0.2, 0) is 17.5 Å². The van der Waals surface area contributed by atoms with Gasteiger partial charge in [-0.1, -0.05) is 30.8 Å². The highest BCUT2D eigenvalue weighted by atomic mass is 19.4. The van der Waals surface area contributed by atoms with E-state index in [4.69, 9.17) is 10.8 Å². The zero-order chi connectivity index (χ0) is 28.4. The van der Waals surface area contributed by atoms with Crippen molar-refractivity contribution < 1.29 is 22.8 Å². The van der Waals surface area contributed by atoms with Gasteiger partial charge >= 0.3 is 6.18 Å². The Morgan fingerprint density at radius 2 is 1.82 bits per heavy atom. The van der Waals surface area contributed by atoms with Crippen molar-refractivity contribution in [2.45, 2.75) is 31.6 Å². The Labute approximate surface area is 227 Å². The number of benzene rings is 2. The van der Waals surface area contributed by atoms with Gasteiger partial charge in [0, 0.05) is 30.8 Å². The normalized spacial score (nSPS) is 15.7. The Bertz CT molecular complexity index is 1560. The molecule has 0 unspecified atom stereocenters. The SMILES string of the molecule is C=CC(=O)N1CCC[C@@H](n2nc(-c3ccc(CNC(=O)c4ccc(C(F)(F)F)cc4)cc3)c3c(N)ncnc32)C1. The van der Waals surface area contributed by atoms with E-state index in [2.05, 4.69) is 21.9 Å². The van der Waals surface area contributed by atoms with E-state index < -0.39 is 17.6 Å². The highest BCUT2D eigenvalue weighted by molar-refractivity contribution is 5.98. The first kappa shape index (κ1) is 26.9. The second-order valence-electron chi connectivity index (χ2n) is 9.49. The molecule has 1 atom stereocenters. The lowest BCUT2D eigenvalue weighted by Crippen LogP contribution is -2.40. The van der Waals surface area contributed by atoms with Crippen molar-refractivity contribution in [3.8, 4) is 11.3 Å². The fourth-order valence-electron chi connectivity index (χ4n) is 4.81. The van der Waals surface area contributed by atoms with Gasteiger partial charge in [0.2, 0.25) is 5.91 Å². The molecule has 1 aliphatic rings. The maximum atomic E-state index is 12.8. The average molecular weight is 550 g/mol. The van der Waals surface area contributed by atoms with Crippen molar-refractivity contribution >= 4 is 28.7 Å². The van der Waals surface area contributed by atoms with Gasteiger partial charge in [-0.05, 0) is 48.7 Å². The molecule has 2 amide bonds. The molecule has 0 radical (unpaired) electrons. The minimum Gasteiger partial charge on any atom is -0.383 e. The number of amides is 2. The second kappa shape index (κ2) is 10.8. The summed E-state index contributed by atoms with van der Waals surface area (Å²) in [5.41, 5.74) is 8.28. The van der Waals surface area contributed by atoms with Crippen LogP contribution < -0.4 is 11.1 Å². The molecule has 2 aromatic heterocycles. The number of halogens is 3. The van der Waals surface area contributed by atoms with Gasteiger partial charge in [0.25, 0.3) is 5.91 Å². The zero-order valence-electron chi connectivity index (χ0n) is 21.4. The lowest BCUT2D eigenvalue weighted by molar-refractivity contribution is -0.137. The fourth-order valence-corrected chi connectivity index (χ4v) is 4.81. The van der Waals surface area contributed by atoms with Crippen LogP contribution in [0.2, 0.25) is 0 Å². The van der Waals surface area contributed by atoms with Crippen molar-refractivity contribution in [3.63, 3.8) is 0 Å². The minimum absolute atomic E-state index is 0.0946. The number of rotatable bonds is 6. The van der Waals surface area contributed by atoms with E-state index in [-0.39, 0.29) is 29.9 Å². The van der Waals surface area contributed by atoms with Crippen molar-refractivity contribution in [1.82, 2.24) is 30.0 Å². The number of alkyl halides is 3. The molecular formula is C28H26F3N7O2. The summed E-state index contributed by atoms with van der Waals surface area (Å²) >= 11 is 0. The van der Waals surface area contributed by atoms with E-state index in [0.717, 1.165) is 48.2 Å². The van der Waals surface area contributed by atoms with Gasteiger partial charge in [0.05, 0.1) is 17.0 Å². The monoisotopic (exact) mass is 549 g/mol. The highest BCUT2D eigenvalue weighted by Gasteiger charge is 2.30. The third-order valence-electron chi connectivity index (χ3n) is 6.90. The maximum absolute atomic E-state index is 12.8. The summed E-state index contributed by atoms with van der Waals surface area (Å²) < 4.78 is 40.1. The molecule has 40 heavy (non-hydrogen) atoms. The Kier molecular flexibility index (Phi) is 7.24. The summed E-state index contributed by atoms with van der Waals surface area (Å²) in [5, 5.41) is 8.18. The summed E-state index contributed by atoms with van der Waals surface area (Å²) in [5.74, 6) is -0.325. The van der Waals surface area contributed by atoms with Crippen LogP contribution in [0.15, 0.2) is 67.5 Å². The topological polar surface area (TPSA) is 119 Å². The Morgan fingerprint density at radius 1 is 1.10 bits per heavy atom. The van der Waals surface area contributed by atoms with E-state index in [1.807, 2.05) is 28.9 Å². The van der Waals surface area contributed by atoms with Gasteiger partial charge in [-0.15, -0.1) is 0 Å². The van der Waals surface area contributed by atoms with E-state index in [9.17, 15) is 22.8 Å². The van der Waals surface area contributed by atoms with Crippen LogP contribution in [0.5, 0.6) is 0 Å². The summed E-state index contributed by atoms with van der Waals surface area (Å²) in [7, 11) is 0. The first-order valence-electron chi connectivity index (χ1n) is 12.6. The molecule has 0 spiro atoms. The number of anilines is 1. The standard InChI is InChI=1S/C28H26F3N7O2/c1-2-22(39)37-13-3-4-21(15-37)38-26-23(25(32)34-16-35-26)24(36-38)18-7-5-17(6-8-18)14-33-27(40)19-9-11-20(12-10-19)28(29,30)31/h2,5-12,16,21H,1,3-4,13-15H2,(H,33,40)(H2,32,34,35)/t21-/m1/s1. The van der Waals surface area contributed by atoms with Gasteiger partial charge in [-0.2, -0.15) is 18.3 Å². The molecule has 0 aliphatic carbocycles. The largest absolute Gasteiger partial charge is 0.416 e. The molecule has 3 heterocycles. The molecule has 206 valence electrons. The van der Waals surface area contributed by atoms with Crippen LogP contribution in [0.3, 0.4) is 0 Å². The molecule has 0 bridgehead atoms. The van der Waals surface area contributed by atoms with Crippen LogP contribution >= 0.6 is 0 Å². The molecule has 1 aliphatic heterocycles. The number of hydrogen-bond donors (Lipinski definition) is 2. The lowest BCUT2D eigenvalue weighted by Gasteiger charge is -2.32. The fraction of sp³-hybridized carbons (Fsp3) is 0.250. The van der Waals surface area contributed by atoms with Crippen molar-refractivity contribution in [3.05, 3.63) is 84.2 Å². The van der Waals surface area contributed by atoms with Crippen molar-refractivity contribution in [1.29, 1.82) is 0 Å². The molecule has 4 aromatic rings. The summed E-state index contributed by atoms with van der Waals surface area (Å²) in [6.07, 6.45) is -0.136. The molecule has 12 heteroatoms. The highest BCUT2D eigenvalue weighted by Crippen LogP contribution is 2.34. The molecule has 3 N–H and O–H groups in total. The Balaban J connectivity index is 1.34. The van der Waals surface area contributed by atoms with Gasteiger partial charge in [-0.3, -0.25) is 9.59 Å². The molecular weight excluding hydrogens is 523 g/mol. The average Bonchev–Trinajstić information content (AvgIpc) is 3.36. The second-order valence-corrected chi connectivity index (χ2v) is 9.49. The molecule has 0 saturated carbocycles. The van der Waals surface area contributed by atoms with Crippen molar-refractivity contribution in [2.24, 2.45) is 0 Å². The summed E-state index contributed by atoms with van der Waals surface area (Å²) in [6.45, 7) is 4.89. The van der Waals surface area contributed by atoms with Crippen LogP contribution in [0, 0.1) is 0 Å². The molecule has 1 saturated heterocycles. The predicted octanol–water partition coefficient (Wildman–Crippen LogP) is 4.37. The molecule has 9 nitrogen and oxygen atoms in total. The van der Waals surface area contributed by atoms with Gasteiger partial charge < -0.3 is 16.0 Å².